The molecule has 0 bridgehead atoms. The van der Waals surface area contributed by atoms with Gasteiger partial charge in [0.1, 0.15) is 11.6 Å². The number of rotatable bonds is 5. The Kier molecular flexibility index (Phi) is 5.49. The summed E-state index contributed by atoms with van der Waals surface area (Å²) in [7, 11) is 0. The summed E-state index contributed by atoms with van der Waals surface area (Å²) < 4.78 is 14.5. The Morgan fingerprint density at radius 1 is 1.00 bits per heavy atom. The number of fused-ring (bicyclic) bond motifs is 1. The molecule has 0 radical (unpaired) electrons. The first-order chi connectivity index (χ1) is 16.5. The van der Waals surface area contributed by atoms with Gasteiger partial charge in [-0.1, -0.05) is 60.2 Å². The maximum absolute atomic E-state index is 14.5. The smallest absolute Gasteiger partial charge is 0.295 e. The second-order valence-electron chi connectivity index (χ2n) is 8.49. The van der Waals surface area contributed by atoms with Crippen molar-refractivity contribution in [3.8, 4) is 0 Å². The van der Waals surface area contributed by atoms with Crippen LogP contribution in [0.4, 0.5) is 4.39 Å². The number of Topliss-reactive ketones (excluding diaryl/α,β-unsaturated/α-hetero) is 1. The van der Waals surface area contributed by atoms with E-state index in [0.717, 1.165) is 22.0 Å². The lowest BCUT2D eigenvalue weighted by atomic mass is 9.94. The molecule has 1 amide bonds. The number of aromatic nitrogens is 1. The number of aliphatic hydroxyl groups is 1. The van der Waals surface area contributed by atoms with Gasteiger partial charge in [0.05, 0.1) is 17.2 Å². The van der Waals surface area contributed by atoms with E-state index in [-0.39, 0.29) is 17.7 Å². The molecule has 2 N–H and O–H groups in total. The lowest BCUT2D eigenvalue weighted by molar-refractivity contribution is -0.139. The minimum absolute atomic E-state index is 0.0992. The molecule has 1 aromatic heterocycles. The van der Waals surface area contributed by atoms with E-state index < -0.39 is 29.3 Å². The second-order valence-corrected chi connectivity index (χ2v) is 8.49. The van der Waals surface area contributed by atoms with Crippen molar-refractivity contribution < 1.29 is 19.1 Å². The molecule has 170 valence electrons. The summed E-state index contributed by atoms with van der Waals surface area (Å²) >= 11 is 0. The van der Waals surface area contributed by atoms with E-state index in [4.69, 9.17) is 0 Å². The van der Waals surface area contributed by atoms with Crippen LogP contribution < -0.4 is 0 Å². The van der Waals surface area contributed by atoms with Crippen molar-refractivity contribution in [3.63, 3.8) is 0 Å². The molecular weight excluding hydrogens is 431 g/mol. The van der Waals surface area contributed by atoms with E-state index in [1.54, 1.807) is 6.07 Å². The van der Waals surface area contributed by atoms with E-state index in [9.17, 15) is 19.1 Å². The number of aryl methyl sites for hydroxylation is 1. The van der Waals surface area contributed by atoms with Gasteiger partial charge in [-0.25, -0.2) is 4.39 Å². The van der Waals surface area contributed by atoms with Crippen LogP contribution in [0.2, 0.25) is 0 Å². The number of aliphatic hydroxyl groups excluding tert-OH is 1. The van der Waals surface area contributed by atoms with Gasteiger partial charge in [-0.2, -0.15) is 0 Å². The lowest BCUT2D eigenvalue weighted by Gasteiger charge is -2.25. The molecule has 6 heteroatoms. The number of carbonyl (C=O) groups excluding carboxylic acids is 2. The number of benzene rings is 3. The first-order valence-corrected chi connectivity index (χ1v) is 11.1. The number of carbonyl (C=O) groups is 2. The van der Waals surface area contributed by atoms with E-state index in [1.165, 1.54) is 23.1 Å². The standard InChI is InChI=1S/C28H23FN2O3/c1-17-10-12-18(13-11-17)25-24(26(32)21-7-2-4-8-22(21)29)27(33)28(34)31(25)15-14-19-16-30-23-9-5-3-6-20(19)23/h2-13,16,25,30,32H,14-15H2,1H3. The van der Waals surface area contributed by atoms with Crippen molar-refractivity contribution >= 4 is 28.4 Å². The Morgan fingerprint density at radius 2 is 1.71 bits per heavy atom. The average Bonchev–Trinajstić information content (AvgIpc) is 3.37. The Morgan fingerprint density at radius 3 is 2.47 bits per heavy atom. The second kappa shape index (κ2) is 8.63. The van der Waals surface area contributed by atoms with Crippen LogP contribution in [-0.2, 0) is 16.0 Å². The molecule has 0 spiro atoms. The van der Waals surface area contributed by atoms with Gasteiger partial charge in [0.2, 0.25) is 0 Å². The third kappa shape index (κ3) is 3.67. The van der Waals surface area contributed by atoms with Gasteiger partial charge in [-0.3, -0.25) is 9.59 Å². The summed E-state index contributed by atoms with van der Waals surface area (Å²) in [6.07, 6.45) is 2.42. The summed E-state index contributed by atoms with van der Waals surface area (Å²) in [4.78, 5) is 31.0. The van der Waals surface area contributed by atoms with E-state index in [1.807, 2.05) is 61.7 Å². The van der Waals surface area contributed by atoms with Crippen LogP contribution in [0.15, 0.2) is 84.6 Å². The van der Waals surface area contributed by atoms with Crippen LogP contribution in [-0.4, -0.2) is 33.2 Å². The van der Waals surface area contributed by atoms with Crippen LogP contribution in [0.5, 0.6) is 0 Å². The third-order valence-corrected chi connectivity index (χ3v) is 6.36. The fraction of sp³-hybridized carbons (Fsp3) is 0.143. The van der Waals surface area contributed by atoms with Gasteiger partial charge in [0.15, 0.2) is 0 Å². The summed E-state index contributed by atoms with van der Waals surface area (Å²) in [5.74, 6) is -2.68. The fourth-order valence-electron chi connectivity index (χ4n) is 4.58. The number of amides is 1. The van der Waals surface area contributed by atoms with Crippen molar-refractivity contribution in [2.45, 2.75) is 19.4 Å². The Labute approximate surface area is 196 Å². The number of nitrogens with one attached hydrogen (secondary N) is 1. The molecule has 0 aliphatic carbocycles. The fourth-order valence-corrected chi connectivity index (χ4v) is 4.58. The lowest BCUT2D eigenvalue weighted by Crippen LogP contribution is -2.31. The maximum atomic E-state index is 14.5. The molecule has 4 aromatic rings. The monoisotopic (exact) mass is 454 g/mol. The minimum atomic E-state index is -0.815. The SMILES string of the molecule is Cc1ccc(C2C(=C(O)c3ccccc3F)C(=O)C(=O)N2CCc2c[nH]c3ccccc23)cc1. The highest BCUT2D eigenvalue weighted by Gasteiger charge is 2.46. The molecule has 0 saturated carbocycles. The van der Waals surface area contributed by atoms with Gasteiger partial charge in [-0.15, -0.1) is 0 Å². The number of H-pyrrole nitrogens is 1. The normalized spacial score (nSPS) is 17.6. The number of hydrogen-bond donors (Lipinski definition) is 2. The summed E-state index contributed by atoms with van der Waals surface area (Å²) in [5, 5.41) is 12.1. The highest BCUT2D eigenvalue weighted by atomic mass is 19.1. The van der Waals surface area contributed by atoms with Gasteiger partial charge >= 0.3 is 0 Å². The van der Waals surface area contributed by atoms with Gasteiger partial charge in [-0.05, 0) is 42.7 Å². The molecule has 1 saturated heterocycles. The molecule has 34 heavy (non-hydrogen) atoms. The van der Waals surface area contributed by atoms with Crippen LogP contribution >= 0.6 is 0 Å². The number of halogens is 1. The molecule has 1 atom stereocenters. The Bertz CT molecular complexity index is 1440. The van der Waals surface area contributed by atoms with Gasteiger partial charge in [0, 0.05) is 23.6 Å². The van der Waals surface area contributed by atoms with E-state index in [0.29, 0.717) is 12.0 Å². The van der Waals surface area contributed by atoms with Crippen molar-refractivity contribution in [3.05, 3.63) is 113 Å². The van der Waals surface area contributed by atoms with Crippen LogP contribution in [0, 0.1) is 12.7 Å². The molecule has 1 unspecified atom stereocenters. The number of aromatic amines is 1. The molecule has 1 fully saturated rings. The summed E-state index contributed by atoms with van der Waals surface area (Å²) in [6, 6.07) is 20.2. The molecule has 3 aromatic carbocycles. The molecule has 5 nitrogen and oxygen atoms in total. The van der Waals surface area contributed by atoms with E-state index in [2.05, 4.69) is 4.98 Å². The summed E-state index contributed by atoms with van der Waals surface area (Å²) in [5.41, 5.74) is 3.52. The molecular formula is C28H23FN2O3. The number of hydrogen-bond acceptors (Lipinski definition) is 3. The molecule has 1 aliphatic heterocycles. The highest BCUT2D eigenvalue weighted by Crippen LogP contribution is 2.40. The van der Waals surface area contributed by atoms with Crippen molar-refractivity contribution in [2.24, 2.45) is 0 Å². The summed E-state index contributed by atoms with van der Waals surface area (Å²) in [6.45, 7) is 2.20. The maximum Gasteiger partial charge on any atom is 0.295 e. The number of ketones is 1. The zero-order valence-corrected chi connectivity index (χ0v) is 18.6. The quantitative estimate of drug-likeness (QED) is 0.245. The highest BCUT2D eigenvalue weighted by molar-refractivity contribution is 6.46. The third-order valence-electron chi connectivity index (χ3n) is 6.36. The predicted octanol–water partition coefficient (Wildman–Crippen LogP) is 5.28. The topological polar surface area (TPSA) is 73.4 Å². The first kappa shape index (κ1) is 21.6. The average molecular weight is 455 g/mol. The largest absolute Gasteiger partial charge is 0.507 e. The van der Waals surface area contributed by atoms with Crippen LogP contribution in [0.1, 0.15) is 28.3 Å². The van der Waals surface area contributed by atoms with Gasteiger partial charge in [0.25, 0.3) is 11.7 Å². The van der Waals surface area contributed by atoms with Crippen LogP contribution in [0.3, 0.4) is 0 Å². The number of likely N-dealkylation sites (tertiary alicyclic amines) is 1. The van der Waals surface area contributed by atoms with Crippen molar-refractivity contribution in [2.75, 3.05) is 6.54 Å². The zero-order valence-electron chi connectivity index (χ0n) is 18.6. The molecule has 1 aliphatic rings. The minimum Gasteiger partial charge on any atom is -0.507 e. The van der Waals surface area contributed by atoms with E-state index >= 15 is 0 Å². The van der Waals surface area contributed by atoms with Crippen molar-refractivity contribution in [1.82, 2.24) is 9.88 Å². The first-order valence-electron chi connectivity index (χ1n) is 11.1. The van der Waals surface area contributed by atoms with Gasteiger partial charge < -0.3 is 15.0 Å². The predicted molar refractivity (Wildman–Crippen MR) is 129 cm³/mol. The van der Waals surface area contributed by atoms with Crippen LogP contribution in [0.25, 0.3) is 16.7 Å². The number of para-hydroxylation sites is 1. The Hall–Kier alpha value is -4.19. The zero-order chi connectivity index (χ0) is 23.8. The molecule has 2 heterocycles. The van der Waals surface area contributed by atoms with Crippen molar-refractivity contribution in [1.29, 1.82) is 0 Å². The number of nitrogens with zero attached hydrogens (tertiary/aromatic N) is 1. The molecule has 5 rings (SSSR count). The Balaban J connectivity index is 1.58.